The van der Waals surface area contributed by atoms with Crippen molar-refractivity contribution in [2.75, 3.05) is 26.2 Å². The highest BCUT2D eigenvalue weighted by molar-refractivity contribution is 7.89. The molecule has 0 spiro atoms. The third kappa shape index (κ3) is 5.12. The molecule has 1 N–H and O–H groups in total. The van der Waals surface area contributed by atoms with Gasteiger partial charge in [-0.1, -0.05) is 19.9 Å². The molecule has 5 nitrogen and oxygen atoms in total. The molecule has 1 aromatic carbocycles. The van der Waals surface area contributed by atoms with Gasteiger partial charge in [-0.3, -0.25) is 0 Å². The Bertz CT molecular complexity index is 606. The Balaban J connectivity index is 2.76. The maximum atomic E-state index is 12.3. The van der Waals surface area contributed by atoms with Crippen molar-refractivity contribution < 1.29 is 8.42 Å². The van der Waals surface area contributed by atoms with E-state index in [-0.39, 0.29) is 4.90 Å². The summed E-state index contributed by atoms with van der Waals surface area (Å²) in [5.41, 5.74) is 0.990. The number of sulfonamides is 1. The van der Waals surface area contributed by atoms with E-state index in [1.807, 2.05) is 6.07 Å². The van der Waals surface area contributed by atoms with Gasteiger partial charge < -0.3 is 4.90 Å². The van der Waals surface area contributed by atoms with Crippen LogP contribution in [0.3, 0.4) is 0 Å². The van der Waals surface area contributed by atoms with E-state index in [9.17, 15) is 8.42 Å². The Morgan fingerprint density at radius 3 is 2.57 bits per heavy atom. The second-order valence-electron chi connectivity index (χ2n) is 4.92. The second kappa shape index (κ2) is 8.13. The summed E-state index contributed by atoms with van der Waals surface area (Å²) in [6.07, 6.45) is 1.05. The number of hydrogen-bond acceptors (Lipinski definition) is 4. The highest BCUT2D eigenvalue weighted by Gasteiger charge is 2.17. The number of benzene rings is 1. The van der Waals surface area contributed by atoms with Gasteiger partial charge in [0.2, 0.25) is 10.0 Å². The summed E-state index contributed by atoms with van der Waals surface area (Å²) < 4.78 is 27.2. The van der Waals surface area contributed by atoms with Crippen molar-refractivity contribution in [3.8, 4) is 6.07 Å². The zero-order chi connectivity index (χ0) is 15.9. The van der Waals surface area contributed by atoms with Crippen LogP contribution in [-0.4, -0.2) is 39.5 Å². The maximum absolute atomic E-state index is 12.3. The number of nitrogens with one attached hydrogen (secondary N) is 1. The van der Waals surface area contributed by atoms with Gasteiger partial charge >= 0.3 is 0 Å². The van der Waals surface area contributed by atoms with Crippen LogP contribution in [-0.2, 0) is 10.0 Å². The van der Waals surface area contributed by atoms with Crippen LogP contribution in [0.2, 0.25) is 0 Å². The highest BCUT2D eigenvalue weighted by Crippen LogP contribution is 2.16. The van der Waals surface area contributed by atoms with E-state index in [0.29, 0.717) is 24.2 Å². The Kier molecular flexibility index (Phi) is 6.82. The zero-order valence-electron chi connectivity index (χ0n) is 12.9. The minimum absolute atomic E-state index is 0.181. The molecule has 0 saturated carbocycles. The molecule has 0 aromatic heterocycles. The molecule has 0 radical (unpaired) electrons. The normalized spacial score (nSPS) is 11.6. The monoisotopic (exact) mass is 309 g/mol. The molecule has 1 aromatic rings. The molecule has 6 heteroatoms. The van der Waals surface area contributed by atoms with E-state index < -0.39 is 10.0 Å². The zero-order valence-corrected chi connectivity index (χ0v) is 13.7. The molecule has 116 valence electrons. The van der Waals surface area contributed by atoms with Gasteiger partial charge in [-0.25, -0.2) is 13.1 Å². The molecule has 0 aliphatic rings. The standard InChI is InChI=1S/C15H23N3O2S/c1-4-9-18(5-2)10-8-17-21(19,20)15-11-14(12-16)7-6-13(15)3/h6-7,11,17H,4-5,8-10H2,1-3H3. The fraction of sp³-hybridized carbons (Fsp3) is 0.533. The molecule has 0 heterocycles. The number of nitriles is 1. The molecule has 0 saturated heterocycles. The Morgan fingerprint density at radius 1 is 1.29 bits per heavy atom. The van der Waals surface area contributed by atoms with E-state index in [1.54, 1.807) is 19.1 Å². The van der Waals surface area contributed by atoms with E-state index in [4.69, 9.17) is 5.26 Å². The topological polar surface area (TPSA) is 73.2 Å². The molecule has 0 aliphatic carbocycles. The summed E-state index contributed by atoms with van der Waals surface area (Å²) in [7, 11) is -3.57. The summed E-state index contributed by atoms with van der Waals surface area (Å²) >= 11 is 0. The smallest absolute Gasteiger partial charge is 0.240 e. The molecular formula is C15H23N3O2S. The van der Waals surface area contributed by atoms with Crippen molar-refractivity contribution >= 4 is 10.0 Å². The van der Waals surface area contributed by atoms with Gasteiger partial charge in [0, 0.05) is 13.1 Å². The minimum Gasteiger partial charge on any atom is -0.302 e. The lowest BCUT2D eigenvalue weighted by Gasteiger charge is -2.19. The molecule has 1 rings (SSSR count). The average Bonchev–Trinajstić information content (AvgIpc) is 2.46. The number of aryl methyl sites for hydroxylation is 1. The lowest BCUT2D eigenvalue weighted by Crippen LogP contribution is -2.35. The predicted octanol–water partition coefficient (Wildman–Crippen LogP) is 1.88. The first kappa shape index (κ1) is 17.6. The Hall–Kier alpha value is -1.42. The predicted molar refractivity (Wildman–Crippen MR) is 83.5 cm³/mol. The first-order chi connectivity index (χ1) is 9.94. The molecule has 21 heavy (non-hydrogen) atoms. The average molecular weight is 309 g/mol. The van der Waals surface area contributed by atoms with Crippen molar-refractivity contribution in [1.82, 2.24) is 9.62 Å². The SMILES string of the molecule is CCCN(CC)CCNS(=O)(=O)c1cc(C#N)ccc1C. The summed E-state index contributed by atoms with van der Waals surface area (Å²) in [5.74, 6) is 0. The van der Waals surface area contributed by atoms with Gasteiger partial charge in [0.1, 0.15) is 0 Å². The highest BCUT2D eigenvalue weighted by atomic mass is 32.2. The summed E-state index contributed by atoms with van der Waals surface area (Å²) in [4.78, 5) is 2.38. The van der Waals surface area contributed by atoms with Gasteiger partial charge in [-0.15, -0.1) is 0 Å². The molecule has 0 bridgehead atoms. The van der Waals surface area contributed by atoms with E-state index in [0.717, 1.165) is 19.5 Å². The molecule has 0 unspecified atom stereocenters. The quantitative estimate of drug-likeness (QED) is 0.795. The van der Waals surface area contributed by atoms with Crippen LogP contribution in [0, 0.1) is 18.3 Å². The van der Waals surface area contributed by atoms with Gasteiger partial charge in [0.15, 0.2) is 0 Å². The second-order valence-corrected chi connectivity index (χ2v) is 6.66. The minimum atomic E-state index is -3.57. The maximum Gasteiger partial charge on any atom is 0.240 e. The number of rotatable bonds is 8. The fourth-order valence-electron chi connectivity index (χ4n) is 2.12. The Morgan fingerprint density at radius 2 is 2.00 bits per heavy atom. The van der Waals surface area contributed by atoms with Gasteiger partial charge in [-0.05, 0) is 44.1 Å². The van der Waals surface area contributed by atoms with E-state index in [2.05, 4.69) is 23.5 Å². The largest absolute Gasteiger partial charge is 0.302 e. The number of nitrogens with zero attached hydrogens (tertiary/aromatic N) is 2. The number of likely N-dealkylation sites (N-methyl/N-ethyl adjacent to an activating group) is 1. The van der Waals surface area contributed by atoms with Crippen molar-refractivity contribution in [3.05, 3.63) is 29.3 Å². The number of hydrogen-bond donors (Lipinski definition) is 1. The van der Waals surface area contributed by atoms with Gasteiger partial charge in [-0.2, -0.15) is 5.26 Å². The third-order valence-corrected chi connectivity index (χ3v) is 4.92. The third-order valence-electron chi connectivity index (χ3n) is 3.31. The van der Waals surface area contributed by atoms with Gasteiger partial charge in [0.05, 0.1) is 16.5 Å². The lowest BCUT2D eigenvalue weighted by atomic mass is 10.2. The van der Waals surface area contributed by atoms with Crippen molar-refractivity contribution in [1.29, 1.82) is 5.26 Å². The molecule has 0 aliphatic heterocycles. The van der Waals surface area contributed by atoms with Crippen LogP contribution in [0.25, 0.3) is 0 Å². The van der Waals surface area contributed by atoms with Crippen LogP contribution >= 0.6 is 0 Å². The van der Waals surface area contributed by atoms with Gasteiger partial charge in [0.25, 0.3) is 0 Å². The lowest BCUT2D eigenvalue weighted by molar-refractivity contribution is 0.293. The first-order valence-electron chi connectivity index (χ1n) is 7.17. The van der Waals surface area contributed by atoms with Crippen LogP contribution in [0.4, 0.5) is 0 Å². The van der Waals surface area contributed by atoms with Crippen LogP contribution in [0.15, 0.2) is 23.1 Å². The fourth-order valence-corrected chi connectivity index (χ4v) is 3.41. The summed E-state index contributed by atoms with van der Waals surface area (Å²) in [6, 6.07) is 6.66. The van der Waals surface area contributed by atoms with Crippen molar-refractivity contribution in [2.24, 2.45) is 0 Å². The van der Waals surface area contributed by atoms with E-state index >= 15 is 0 Å². The molecule has 0 fully saturated rings. The van der Waals surface area contributed by atoms with Crippen molar-refractivity contribution in [3.63, 3.8) is 0 Å². The van der Waals surface area contributed by atoms with Crippen LogP contribution in [0.1, 0.15) is 31.4 Å². The summed E-state index contributed by atoms with van der Waals surface area (Å²) in [5, 5.41) is 8.89. The Labute approximate surface area is 127 Å². The van der Waals surface area contributed by atoms with Crippen LogP contribution < -0.4 is 4.72 Å². The molecular weight excluding hydrogens is 286 g/mol. The van der Waals surface area contributed by atoms with Crippen LogP contribution in [0.5, 0.6) is 0 Å². The molecule has 0 amide bonds. The van der Waals surface area contributed by atoms with E-state index in [1.165, 1.54) is 6.07 Å². The summed E-state index contributed by atoms with van der Waals surface area (Å²) in [6.45, 7) is 8.80. The van der Waals surface area contributed by atoms with Crippen molar-refractivity contribution in [2.45, 2.75) is 32.1 Å². The molecule has 0 atom stereocenters. The first-order valence-corrected chi connectivity index (χ1v) is 8.65.